The molecule has 0 aliphatic heterocycles. The molecule has 0 aliphatic carbocycles. The Bertz CT molecular complexity index is 3190. The van der Waals surface area contributed by atoms with Crippen LogP contribution in [-0.4, -0.2) is 15.0 Å². The number of nitrogens with zero attached hydrogens (tertiary/aromatic N) is 3. The van der Waals surface area contributed by atoms with Crippen molar-refractivity contribution < 1.29 is 8.83 Å². The quantitative estimate of drug-likeness (QED) is 0.175. The van der Waals surface area contributed by atoms with Crippen molar-refractivity contribution in [3.8, 4) is 45.3 Å². The Morgan fingerprint density at radius 2 is 0.942 bits per heavy atom. The first-order chi connectivity index (χ1) is 25.7. The molecule has 11 rings (SSSR count). The van der Waals surface area contributed by atoms with Crippen molar-refractivity contribution in [3.63, 3.8) is 0 Å². The summed E-state index contributed by atoms with van der Waals surface area (Å²) in [4.78, 5) is 15.3. The Kier molecular flexibility index (Phi) is 6.18. The van der Waals surface area contributed by atoms with Gasteiger partial charge in [-0.25, -0.2) is 15.0 Å². The van der Waals surface area contributed by atoms with E-state index in [9.17, 15) is 0 Å². The maximum atomic E-state index is 6.54. The fraction of sp³-hybridized carbons (Fsp3) is 0. The molecule has 11 aromatic rings. The summed E-state index contributed by atoms with van der Waals surface area (Å²) in [5, 5.41) is 8.97. The minimum absolute atomic E-state index is 0.595. The van der Waals surface area contributed by atoms with Gasteiger partial charge in [0.15, 0.2) is 17.5 Å². The monoisotopic (exact) mass is 665 g/mol. The van der Waals surface area contributed by atoms with E-state index in [0.29, 0.717) is 17.5 Å². The number of benzene rings is 8. The van der Waals surface area contributed by atoms with Gasteiger partial charge >= 0.3 is 0 Å². The summed E-state index contributed by atoms with van der Waals surface area (Å²) in [5.74, 6) is 1.83. The molecule has 8 aromatic carbocycles. The third kappa shape index (κ3) is 4.53. The average Bonchev–Trinajstić information content (AvgIpc) is 3.78. The van der Waals surface area contributed by atoms with Crippen LogP contribution in [0.15, 0.2) is 173 Å². The highest BCUT2D eigenvalue weighted by Gasteiger charge is 2.19. The highest BCUT2D eigenvalue weighted by molar-refractivity contribution is 6.13. The van der Waals surface area contributed by atoms with Crippen LogP contribution in [0.3, 0.4) is 0 Å². The van der Waals surface area contributed by atoms with E-state index in [2.05, 4.69) is 97.1 Å². The molecule has 5 nitrogen and oxygen atoms in total. The topological polar surface area (TPSA) is 65.0 Å². The molecule has 0 unspecified atom stereocenters. The van der Waals surface area contributed by atoms with E-state index in [1.807, 2.05) is 66.7 Å². The number of aromatic nitrogens is 3. The van der Waals surface area contributed by atoms with E-state index in [-0.39, 0.29) is 0 Å². The molecule has 0 N–H and O–H groups in total. The van der Waals surface area contributed by atoms with Gasteiger partial charge < -0.3 is 8.83 Å². The summed E-state index contributed by atoms with van der Waals surface area (Å²) in [6, 6.07) is 56.4. The number of furan rings is 2. The van der Waals surface area contributed by atoms with E-state index < -0.39 is 0 Å². The van der Waals surface area contributed by atoms with Crippen molar-refractivity contribution in [2.24, 2.45) is 0 Å². The first-order valence-corrected chi connectivity index (χ1v) is 17.3. The van der Waals surface area contributed by atoms with Gasteiger partial charge in [0.1, 0.15) is 22.3 Å². The van der Waals surface area contributed by atoms with Crippen LogP contribution in [0.5, 0.6) is 0 Å². The molecule has 0 bridgehead atoms. The zero-order chi connectivity index (χ0) is 34.2. The third-order valence-corrected chi connectivity index (χ3v) is 10.1. The number of fused-ring (bicyclic) bond motifs is 9. The van der Waals surface area contributed by atoms with Crippen molar-refractivity contribution in [1.82, 2.24) is 15.0 Å². The molecule has 5 heteroatoms. The number of hydrogen-bond donors (Lipinski definition) is 0. The van der Waals surface area contributed by atoms with Crippen LogP contribution in [0.2, 0.25) is 0 Å². The molecule has 3 heterocycles. The molecular formula is C47H27N3O2. The van der Waals surface area contributed by atoms with E-state index in [1.165, 1.54) is 16.2 Å². The normalized spacial score (nSPS) is 11.8. The fourth-order valence-electron chi connectivity index (χ4n) is 7.59. The van der Waals surface area contributed by atoms with Crippen LogP contribution in [0, 0.1) is 0 Å². The lowest BCUT2D eigenvalue weighted by atomic mass is 9.99. The smallest absolute Gasteiger partial charge is 0.164 e. The average molecular weight is 666 g/mol. The summed E-state index contributed by atoms with van der Waals surface area (Å²) < 4.78 is 12.6. The van der Waals surface area contributed by atoms with Crippen LogP contribution in [0.25, 0.3) is 111 Å². The van der Waals surface area contributed by atoms with Crippen LogP contribution in [-0.2, 0) is 0 Å². The Labute approximate surface area is 297 Å². The standard InChI is InChI=1S/C47H27N3O2/c1-2-10-29(11-3-1)45-48-46(33-20-22-35-32(25-33)18-17-28-9-4-5-12-34(28)35)50-47(49-45)38-14-8-16-42-44(38)37-23-19-31(27-43(37)52-42)30-21-24-41-39(26-30)36-13-6-7-15-40(36)51-41/h1-27H. The second kappa shape index (κ2) is 11.2. The second-order valence-corrected chi connectivity index (χ2v) is 13.2. The molecule has 0 saturated carbocycles. The molecule has 0 aliphatic rings. The lowest BCUT2D eigenvalue weighted by molar-refractivity contribution is 0.669. The predicted molar refractivity (Wildman–Crippen MR) is 211 cm³/mol. The summed E-state index contributed by atoms with van der Waals surface area (Å²) in [7, 11) is 0. The lowest BCUT2D eigenvalue weighted by Gasteiger charge is -2.10. The molecule has 0 amide bonds. The zero-order valence-electron chi connectivity index (χ0n) is 27.7. The van der Waals surface area contributed by atoms with Crippen LogP contribution < -0.4 is 0 Å². The van der Waals surface area contributed by atoms with Gasteiger partial charge in [-0.2, -0.15) is 0 Å². The summed E-state index contributed by atoms with van der Waals surface area (Å²) in [6.45, 7) is 0. The Balaban J connectivity index is 1.07. The van der Waals surface area contributed by atoms with Crippen molar-refractivity contribution in [2.45, 2.75) is 0 Å². The molecule has 52 heavy (non-hydrogen) atoms. The van der Waals surface area contributed by atoms with Crippen LogP contribution >= 0.6 is 0 Å². The molecule has 0 spiro atoms. The molecule has 3 aromatic heterocycles. The van der Waals surface area contributed by atoms with E-state index in [4.69, 9.17) is 23.8 Å². The van der Waals surface area contributed by atoms with Gasteiger partial charge in [-0.05, 0) is 75.1 Å². The summed E-state index contributed by atoms with van der Waals surface area (Å²) in [5.41, 5.74) is 8.26. The van der Waals surface area contributed by atoms with Gasteiger partial charge in [0.2, 0.25) is 0 Å². The first-order valence-electron chi connectivity index (χ1n) is 17.3. The number of rotatable bonds is 4. The van der Waals surface area contributed by atoms with Gasteiger partial charge in [-0.1, -0.05) is 121 Å². The molecule has 242 valence electrons. The minimum atomic E-state index is 0.595. The molecule has 0 radical (unpaired) electrons. The first kappa shape index (κ1) is 28.7. The number of hydrogen-bond acceptors (Lipinski definition) is 5. The van der Waals surface area contributed by atoms with E-state index >= 15 is 0 Å². The van der Waals surface area contributed by atoms with Gasteiger partial charge in [0.05, 0.1) is 0 Å². The highest BCUT2D eigenvalue weighted by Crippen LogP contribution is 2.39. The van der Waals surface area contributed by atoms with Gasteiger partial charge in [-0.15, -0.1) is 0 Å². The van der Waals surface area contributed by atoms with Crippen molar-refractivity contribution in [2.75, 3.05) is 0 Å². The molecule has 0 saturated heterocycles. The van der Waals surface area contributed by atoms with E-state index in [0.717, 1.165) is 77.1 Å². The Hall–Kier alpha value is -7.11. The van der Waals surface area contributed by atoms with Gasteiger partial charge in [-0.3, -0.25) is 0 Å². The molecule has 0 fully saturated rings. The SMILES string of the molecule is c1ccc(-c2nc(-c3ccc4c(ccc5ccccc54)c3)nc(-c3cccc4oc5cc(-c6ccc7oc8ccccc8c7c6)ccc5c34)n2)cc1. The second-order valence-electron chi connectivity index (χ2n) is 13.2. The Morgan fingerprint density at radius 3 is 1.87 bits per heavy atom. The van der Waals surface area contributed by atoms with Crippen molar-refractivity contribution >= 4 is 65.4 Å². The maximum absolute atomic E-state index is 6.54. The van der Waals surface area contributed by atoms with Crippen LogP contribution in [0.1, 0.15) is 0 Å². The van der Waals surface area contributed by atoms with Crippen molar-refractivity contribution in [3.05, 3.63) is 164 Å². The molecular weight excluding hydrogens is 639 g/mol. The maximum Gasteiger partial charge on any atom is 0.164 e. The third-order valence-electron chi connectivity index (χ3n) is 10.1. The predicted octanol–water partition coefficient (Wildman–Crippen LogP) is 12.6. The van der Waals surface area contributed by atoms with Gasteiger partial charge in [0.25, 0.3) is 0 Å². The highest BCUT2D eigenvalue weighted by atomic mass is 16.3. The minimum Gasteiger partial charge on any atom is -0.456 e. The summed E-state index contributed by atoms with van der Waals surface area (Å²) in [6.07, 6.45) is 0. The fourth-order valence-corrected chi connectivity index (χ4v) is 7.59. The molecule has 0 atom stereocenters. The van der Waals surface area contributed by atoms with Crippen molar-refractivity contribution in [1.29, 1.82) is 0 Å². The lowest BCUT2D eigenvalue weighted by Crippen LogP contribution is -2.00. The van der Waals surface area contributed by atoms with E-state index in [1.54, 1.807) is 0 Å². The number of para-hydroxylation sites is 1. The van der Waals surface area contributed by atoms with Gasteiger partial charge in [0, 0.05) is 38.2 Å². The van der Waals surface area contributed by atoms with Crippen LogP contribution in [0.4, 0.5) is 0 Å². The zero-order valence-corrected chi connectivity index (χ0v) is 27.7. The largest absolute Gasteiger partial charge is 0.456 e. The Morgan fingerprint density at radius 1 is 0.308 bits per heavy atom. The summed E-state index contributed by atoms with van der Waals surface area (Å²) >= 11 is 0.